The Kier molecular flexibility index (Phi) is 13.1. The number of hydrogen-bond acceptors (Lipinski definition) is 5. The summed E-state index contributed by atoms with van der Waals surface area (Å²) >= 11 is 0. The van der Waals surface area contributed by atoms with Crippen LogP contribution < -0.4 is 10.6 Å². The first-order valence-electron chi connectivity index (χ1n) is 12.9. The van der Waals surface area contributed by atoms with Crippen LogP contribution >= 0.6 is 24.0 Å². The Bertz CT molecular complexity index is 677. The molecule has 2 fully saturated rings. The Hall–Kier alpha value is -0.870. The summed E-state index contributed by atoms with van der Waals surface area (Å²) in [6, 6.07) is 0. The summed E-state index contributed by atoms with van der Waals surface area (Å²) in [5.74, 6) is 4.11. The minimum Gasteiger partial charge on any atom is -0.444 e. The number of guanidine groups is 1. The van der Waals surface area contributed by atoms with Crippen LogP contribution in [0.2, 0.25) is 0 Å². The van der Waals surface area contributed by atoms with E-state index in [2.05, 4.69) is 34.4 Å². The van der Waals surface area contributed by atoms with Crippen molar-refractivity contribution in [2.45, 2.75) is 85.3 Å². The lowest BCUT2D eigenvalue weighted by Crippen LogP contribution is -2.40. The lowest BCUT2D eigenvalue weighted by Gasteiger charge is -2.30. The molecule has 1 saturated carbocycles. The van der Waals surface area contributed by atoms with Gasteiger partial charge in [0.2, 0.25) is 5.89 Å². The van der Waals surface area contributed by atoms with E-state index in [1.807, 2.05) is 13.8 Å². The summed E-state index contributed by atoms with van der Waals surface area (Å²) in [5, 5.41) is 6.96. The lowest BCUT2D eigenvalue weighted by atomic mass is 9.97. The van der Waals surface area contributed by atoms with Gasteiger partial charge in [-0.15, -0.1) is 24.0 Å². The van der Waals surface area contributed by atoms with Crippen LogP contribution in [-0.4, -0.2) is 61.3 Å². The van der Waals surface area contributed by atoms with Crippen molar-refractivity contribution in [2.24, 2.45) is 16.8 Å². The number of piperidine rings is 1. The van der Waals surface area contributed by atoms with Gasteiger partial charge in [-0.05, 0) is 84.7 Å². The third kappa shape index (κ3) is 9.36. The maximum atomic E-state index is 6.07. The van der Waals surface area contributed by atoms with Gasteiger partial charge in [0.1, 0.15) is 5.76 Å². The van der Waals surface area contributed by atoms with Crippen LogP contribution in [0, 0.1) is 25.7 Å². The molecule has 1 unspecified atom stereocenters. The quantitative estimate of drug-likeness (QED) is 0.227. The fraction of sp³-hybridized carbons (Fsp3) is 0.840. The molecular weight excluding hydrogens is 529 g/mol. The summed E-state index contributed by atoms with van der Waals surface area (Å²) in [4.78, 5) is 11.9. The molecule has 0 radical (unpaired) electrons. The fourth-order valence-electron chi connectivity index (χ4n) is 5.02. The van der Waals surface area contributed by atoms with Crippen molar-refractivity contribution < 1.29 is 9.15 Å². The monoisotopic (exact) mass is 575 g/mol. The molecular formula is C25H46IN5O2. The first kappa shape index (κ1) is 28.4. The highest BCUT2D eigenvalue weighted by molar-refractivity contribution is 14.0. The van der Waals surface area contributed by atoms with Crippen LogP contribution in [-0.2, 0) is 11.3 Å². The van der Waals surface area contributed by atoms with Crippen LogP contribution in [0.15, 0.2) is 9.41 Å². The van der Waals surface area contributed by atoms with Gasteiger partial charge in [0.15, 0.2) is 5.96 Å². The van der Waals surface area contributed by atoms with E-state index in [0.717, 1.165) is 81.5 Å². The van der Waals surface area contributed by atoms with E-state index < -0.39 is 0 Å². The number of likely N-dealkylation sites (tertiary alicyclic amines) is 1. The average molecular weight is 576 g/mol. The Morgan fingerprint density at radius 3 is 2.48 bits per heavy atom. The van der Waals surface area contributed by atoms with Crippen LogP contribution in [0.25, 0.3) is 0 Å². The van der Waals surface area contributed by atoms with Crippen LogP contribution in [0.4, 0.5) is 0 Å². The van der Waals surface area contributed by atoms with Crippen LogP contribution in [0.5, 0.6) is 0 Å². The number of nitrogens with zero attached hydrogens (tertiary/aromatic N) is 3. The second kappa shape index (κ2) is 15.2. The van der Waals surface area contributed by atoms with E-state index in [1.54, 1.807) is 0 Å². The van der Waals surface area contributed by atoms with Gasteiger partial charge < -0.3 is 19.8 Å². The van der Waals surface area contributed by atoms with Crippen molar-refractivity contribution in [3.8, 4) is 0 Å². The van der Waals surface area contributed by atoms with Gasteiger partial charge in [0.05, 0.1) is 18.3 Å². The van der Waals surface area contributed by atoms with E-state index in [9.17, 15) is 0 Å². The molecule has 8 heteroatoms. The number of nitrogens with one attached hydrogen (secondary N) is 2. The Labute approximate surface area is 217 Å². The molecule has 0 amide bonds. The molecule has 0 bridgehead atoms. The first-order valence-corrected chi connectivity index (χ1v) is 12.9. The molecule has 1 atom stereocenters. The standard InChI is InChI=1S/C25H45N5O2.HI/c1-5-26-25(27-14-11-23(31-6-2)22-9-7-8-10-22)28-17-21-12-15-30(16-13-21)18-24-29-19(3)20(4)32-24;/h21-23H,5-18H2,1-4H3,(H2,26,27,28);1H. The molecule has 1 saturated heterocycles. The number of hydrogen-bond donors (Lipinski definition) is 2. The summed E-state index contributed by atoms with van der Waals surface area (Å²) in [6.07, 6.45) is 9.17. The zero-order valence-electron chi connectivity index (χ0n) is 21.2. The summed E-state index contributed by atoms with van der Waals surface area (Å²) in [6.45, 7) is 14.7. The molecule has 190 valence electrons. The third-order valence-corrected chi connectivity index (χ3v) is 7.02. The normalized spacial score (nSPS) is 19.5. The van der Waals surface area contributed by atoms with Crippen molar-refractivity contribution >= 4 is 29.9 Å². The van der Waals surface area contributed by atoms with Gasteiger partial charge in [0, 0.05) is 26.2 Å². The minimum absolute atomic E-state index is 0. The molecule has 1 aromatic rings. The highest BCUT2D eigenvalue weighted by Crippen LogP contribution is 2.30. The second-order valence-electron chi connectivity index (χ2n) is 9.44. The maximum absolute atomic E-state index is 6.07. The summed E-state index contributed by atoms with van der Waals surface area (Å²) < 4.78 is 11.8. The predicted molar refractivity (Wildman–Crippen MR) is 145 cm³/mol. The zero-order chi connectivity index (χ0) is 22.8. The predicted octanol–water partition coefficient (Wildman–Crippen LogP) is 4.66. The lowest BCUT2D eigenvalue weighted by molar-refractivity contribution is 0.0169. The molecule has 7 nitrogen and oxygen atoms in total. The van der Waals surface area contributed by atoms with Gasteiger partial charge in [-0.25, -0.2) is 4.98 Å². The topological polar surface area (TPSA) is 74.9 Å². The number of aryl methyl sites for hydroxylation is 2. The zero-order valence-corrected chi connectivity index (χ0v) is 23.5. The Morgan fingerprint density at radius 1 is 1.15 bits per heavy atom. The van der Waals surface area contributed by atoms with Crippen molar-refractivity contribution in [3.63, 3.8) is 0 Å². The average Bonchev–Trinajstić information content (AvgIpc) is 3.42. The van der Waals surface area contributed by atoms with Gasteiger partial charge in [-0.2, -0.15) is 0 Å². The van der Waals surface area contributed by atoms with Crippen LogP contribution in [0.3, 0.4) is 0 Å². The number of aromatic nitrogens is 1. The summed E-state index contributed by atoms with van der Waals surface area (Å²) in [7, 11) is 0. The molecule has 33 heavy (non-hydrogen) atoms. The van der Waals surface area contributed by atoms with Crippen molar-refractivity contribution in [2.75, 3.05) is 39.3 Å². The van der Waals surface area contributed by atoms with E-state index in [0.29, 0.717) is 12.0 Å². The van der Waals surface area contributed by atoms with Gasteiger partial charge in [0.25, 0.3) is 0 Å². The Balaban J connectivity index is 0.00000385. The molecule has 2 aliphatic rings. The van der Waals surface area contributed by atoms with Crippen molar-refractivity contribution in [1.82, 2.24) is 20.5 Å². The first-order chi connectivity index (χ1) is 15.6. The van der Waals surface area contributed by atoms with Crippen molar-refractivity contribution in [1.29, 1.82) is 0 Å². The number of oxazole rings is 1. The number of aliphatic imine (C=N–C) groups is 1. The molecule has 2 N–H and O–H groups in total. The summed E-state index contributed by atoms with van der Waals surface area (Å²) in [5.41, 5.74) is 1.00. The molecule has 0 spiro atoms. The second-order valence-corrected chi connectivity index (χ2v) is 9.44. The third-order valence-electron chi connectivity index (χ3n) is 7.02. The van der Waals surface area contributed by atoms with Gasteiger partial charge in [-0.1, -0.05) is 12.8 Å². The van der Waals surface area contributed by atoms with E-state index in [4.69, 9.17) is 14.1 Å². The largest absolute Gasteiger partial charge is 0.444 e. The molecule has 1 aliphatic carbocycles. The SMILES string of the molecule is CCNC(=NCC1CCN(Cc2nc(C)c(C)o2)CC1)NCCC(OCC)C1CCCC1.I. The molecule has 3 rings (SSSR count). The minimum atomic E-state index is 0. The number of halogens is 1. The molecule has 2 heterocycles. The smallest absolute Gasteiger partial charge is 0.208 e. The van der Waals surface area contributed by atoms with Gasteiger partial charge in [-0.3, -0.25) is 9.89 Å². The van der Waals surface area contributed by atoms with E-state index >= 15 is 0 Å². The maximum Gasteiger partial charge on any atom is 0.208 e. The molecule has 0 aromatic carbocycles. The highest BCUT2D eigenvalue weighted by atomic mass is 127. The number of ether oxygens (including phenoxy) is 1. The Morgan fingerprint density at radius 2 is 1.88 bits per heavy atom. The van der Waals surface area contributed by atoms with Crippen LogP contribution in [0.1, 0.15) is 76.1 Å². The van der Waals surface area contributed by atoms with Crippen molar-refractivity contribution in [3.05, 3.63) is 17.3 Å². The fourth-order valence-corrected chi connectivity index (χ4v) is 5.02. The van der Waals surface area contributed by atoms with E-state index in [1.165, 1.54) is 38.5 Å². The van der Waals surface area contributed by atoms with Gasteiger partial charge >= 0.3 is 0 Å². The molecule has 1 aromatic heterocycles. The highest BCUT2D eigenvalue weighted by Gasteiger charge is 2.25. The number of rotatable bonds is 11. The molecule has 1 aliphatic heterocycles. The van der Waals surface area contributed by atoms with E-state index in [-0.39, 0.29) is 24.0 Å².